The number of hydrogen-bond acceptors (Lipinski definition) is 5. The van der Waals surface area contributed by atoms with Crippen molar-refractivity contribution >= 4 is 27.3 Å². The van der Waals surface area contributed by atoms with Gasteiger partial charge in [-0.1, -0.05) is 0 Å². The Balaban J connectivity index is 2.39. The van der Waals surface area contributed by atoms with E-state index in [2.05, 4.69) is 27.0 Å². The van der Waals surface area contributed by atoms with Gasteiger partial charge in [-0.05, 0) is 28.8 Å². The Morgan fingerprint density at radius 1 is 1.61 bits per heavy atom. The highest BCUT2D eigenvalue weighted by atomic mass is 79.9. The molecule has 0 aliphatic heterocycles. The lowest BCUT2D eigenvalue weighted by Crippen LogP contribution is -2.27. The molecule has 94 valence electrons. The van der Waals surface area contributed by atoms with Gasteiger partial charge in [0.05, 0.1) is 21.9 Å². The first-order valence-corrected chi connectivity index (χ1v) is 6.36. The number of anilines is 1. The molecule has 0 bridgehead atoms. The molecule has 1 aliphatic rings. The van der Waals surface area contributed by atoms with Crippen molar-refractivity contribution in [3.63, 3.8) is 0 Å². The fraction of sp³-hybridized carbons (Fsp3) is 0.455. The van der Waals surface area contributed by atoms with Crippen molar-refractivity contribution in [1.29, 1.82) is 5.26 Å². The number of rotatable bonds is 5. The number of hydrogen-bond donors (Lipinski definition) is 0. The van der Waals surface area contributed by atoms with Gasteiger partial charge in [-0.2, -0.15) is 5.26 Å². The van der Waals surface area contributed by atoms with E-state index in [9.17, 15) is 10.1 Å². The lowest BCUT2D eigenvalue weighted by molar-refractivity contribution is -0.384. The first kappa shape index (κ1) is 12.8. The summed E-state index contributed by atoms with van der Waals surface area (Å²) in [6, 6.07) is 2.38. The molecule has 1 aromatic rings. The van der Waals surface area contributed by atoms with Gasteiger partial charge in [0.1, 0.15) is 11.9 Å². The number of nitrogens with zero attached hydrogens (tertiary/aromatic N) is 4. The molecule has 0 aromatic carbocycles. The molecule has 1 aromatic heterocycles. The van der Waals surface area contributed by atoms with E-state index in [-0.39, 0.29) is 5.69 Å². The SMILES string of the molecule is N#CCCN(c1c(Br)cncc1[N+](=O)[O-])C1CC1. The molecule has 2 rings (SSSR count). The molecule has 0 atom stereocenters. The molecule has 0 amide bonds. The zero-order valence-electron chi connectivity index (χ0n) is 9.54. The van der Waals surface area contributed by atoms with E-state index in [1.165, 1.54) is 6.20 Å². The molecule has 0 N–H and O–H groups in total. The summed E-state index contributed by atoms with van der Waals surface area (Å²) in [6.07, 6.45) is 5.17. The summed E-state index contributed by atoms with van der Waals surface area (Å²) in [4.78, 5) is 16.4. The van der Waals surface area contributed by atoms with Crippen LogP contribution in [0.5, 0.6) is 0 Å². The highest BCUT2D eigenvalue weighted by Gasteiger charge is 2.34. The van der Waals surface area contributed by atoms with Gasteiger partial charge < -0.3 is 4.90 Å². The fourth-order valence-corrected chi connectivity index (χ4v) is 2.42. The smallest absolute Gasteiger partial charge is 0.311 e. The second-order valence-corrected chi connectivity index (χ2v) is 4.93. The van der Waals surface area contributed by atoms with E-state index in [0.717, 1.165) is 12.8 Å². The Labute approximate surface area is 113 Å². The maximum atomic E-state index is 11.0. The minimum Gasteiger partial charge on any atom is -0.361 e. The largest absolute Gasteiger partial charge is 0.361 e. The van der Waals surface area contributed by atoms with Gasteiger partial charge in [-0.25, -0.2) is 0 Å². The molecule has 1 aliphatic carbocycles. The predicted molar refractivity (Wildman–Crippen MR) is 69.2 cm³/mol. The van der Waals surface area contributed by atoms with Crippen LogP contribution in [-0.2, 0) is 0 Å². The van der Waals surface area contributed by atoms with E-state index in [1.54, 1.807) is 6.20 Å². The summed E-state index contributed by atoms with van der Waals surface area (Å²) in [5.41, 5.74) is 0.516. The maximum absolute atomic E-state index is 11.0. The highest BCUT2D eigenvalue weighted by molar-refractivity contribution is 9.10. The van der Waals surface area contributed by atoms with Gasteiger partial charge in [0.15, 0.2) is 0 Å². The number of aromatic nitrogens is 1. The molecule has 1 fully saturated rings. The van der Waals surface area contributed by atoms with E-state index in [4.69, 9.17) is 5.26 Å². The van der Waals surface area contributed by atoms with E-state index in [0.29, 0.717) is 29.2 Å². The monoisotopic (exact) mass is 310 g/mol. The first-order valence-electron chi connectivity index (χ1n) is 5.56. The van der Waals surface area contributed by atoms with Crippen molar-refractivity contribution in [1.82, 2.24) is 4.98 Å². The molecule has 0 radical (unpaired) electrons. The Kier molecular flexibility index (Phi) is 3.77. The molecule has 0 spiro atoms. The Morgan fingerprint density at radius 3 is 2.89 bits per heavy atom. The third kappa shape index (κ3) is 2.59. The fourth-order valence-electron chi connectivity index (χ4n) is 1.87. The molecule has 18 heavy (non-hydrogen) atoms. The second kappa shape index (κ2) is 5.31. The van der Waals surface area contributed by atoms with Crippen molar-refractivity contribution in [3.8, 4) is 6.07 Å². The van der Waals surface area contributed by atoms with Crippen LogP contribution in [0.25, 0.3) is 0 Å². The highest BCUT2D eigenvalue weighted by Crippen LogP contribution is 2.40. The third-order valence-electron chi connectivity index (χ3n) is 2.79. The quantitative estimate of drug-likeness (QED) is 0.616. The van der Waals surface area contributed by atoms with Crippen LogP contribution in [0, 0.1) is 21.4 Å². The summed E-state index contributed by atoms with van der Waals surface area (Å²) >= 11 is 3.31. The zero-order valence-corrected chi connectivity index (χ0v) is 11.1. The molecule has 1 heterocycles. The van der Waals surface area contributed by atoms with Crippen molar-refractivity contribution < 1.29 is 4.92 Å². The van der Waals surface area contributed by atoms with Gasteiger partial charge in [-0.3, -0.25) is 15.1 Å². The van der Waals surface area contributed by atoms with Crippen molar-refractivity contribution in [3.05, 3.63) is 27.0 Å². The topological polar surface area (TPSA) is 83.1 Å². The average Bonchev–Trinajstić information content (AvgIpc) is 3.15. The molecule has 1 saturated carbocycles. The van der Waals surface area contributed by atoms with Crippen molar-refractivity contribution in [2.75, 3.05) is 11.4 Å². The Morgan fingerprint density at radius 2 is 2.33 bits per heavy atom. The minimum atomic E-state index is -0.436. The summed E-state index contributed by atoms with van der Waals surface area (Å²) in [6.45, 7) is 0.505. The maximum Gasteiger partial charge on any atom is 0.311 e. The minimum absolute atomic E-state index is 0.0192. The average molecular weight is 311 g/mol. The lowest BCUT2D eigenvalue weighted by Gasteiger charge is -2.24. The molecular weight excluding hydrogens is 300 g/mol. The predicted octanol–water partition coefficient (Wildman–Crippen LogP) is 2.63. The summed E-state index contributed by atoms with van der Waals surface area (Å²) in [7, 11) is 0. The van der Waals surface area contributed by atoms with Gasteiger partial charge in [0, 0.05) is 18.8 Å². The van der Waals surface area contributed by atoms with Crippen molar-refractivity contribution in [2.45, 2.75) is 25.3 Å². The standard InChI is InChI=1S/C11H11BrN4O2/c12-9-6-14-7-10(16(17)18)11(9)15(5-1-4-13)8-2-3-8/h6-8H,1-3,5H2. The third-order valence-corrected chi connectivity index (χ3v) is 3.37. The Hall–Kier alpha value is -1.68. The van der Waals surface area contributed by atoms with Gasteiger partial charge in [0.2, 0.25) is 0 Å². The second-order valence-electron chi connectivity index (χ2n) is 4.08. The summed E-state index contributed by atoms with van der Waals surface area (Å²) in [5.74, 6) is 0. The van der Waals surface area contributed by atoms with E-state index >= 15 is 0 Å². The van der Waals surface area contributed by atoms with E-state index < -0.39 is 4.92 Å². The van der Waals surface area contributed by atoms with Crippen LogP contribution < -0.4 is 4.90 Å². The van der Waals surface area contributed by atoms with Gasteiger partial charge in [-0.15, -0.1) is 0 Å². The zero-order chi connectivity index (χ0) is 13.1. The van der Waals surface area contributed by atoms with Crippen LogP contribution in [0.15, 0.2) is 16.9 Å². The van der Waals surface area contributed by atoms with Crippen LogP contribution in [0.2, 0.25) is 0 Å². The van der Waals surface area contributed by atoms with Crippen LogP contribution in [0.3, 0.4) is 0 Å². The lowest BCUT2D eigenvalue weighted by atomic mass is 10.2. The molecule has 7 heteroatoms. The van der Waals surface area contributed by atoms with Crippen LogP contribution in [0.1, 0.15) is 19.3 Å². The summed E-state index contributed by atoms with van der Waals surface area (Å²) < 4.78 is 0.599. The summed E-state index contributed by atoms with van der Waals surface area (Å²) in [5, 5.41) is 19.7. The molecule has 0 unspecified atom stereocenters. The molecule has 0 saturated heterocycles. The first-order chi connectivity index (χ1) is 8.65. The molecule has 6 nitrogen and oxygen atoms in total. The number of pyridine rings is 1. The number of nitro groups is 1. The normalized spacial score (nSPS) is 14.0. The number of halogens is 1. The van der Waals surface area contributed by atoms with Gasteiger partial charge in [0.25, 0.3) is 0 Å². The Bertz CT molecular complexity index is 510. The van der Waals surface area contributed by atoms with E-state index in [1.807, 2.05) is 4.90 Å². The number of nitriles is 1. The van der Waals surface area contributed by atoms with Crippen LogP contribution in [0.4, 0.5) is 11.4 Å². The van der Waals surface area contributed by atoms with Crippen molar-refractivity contribution in [2.24, 2.45) is 0 Å². The molecular formula is C11H11BrN4O2. The van der Waals surface area contributed by atoms with Crippen LogP contribution >= 0.6 is 15.9 Å². The van der Waals surface area contributed by atoms with Gasteiger partial charge >= 0.3 is 5.69 Å². The van der Waals surface area contributed by atoms with Crippen LogP contribution in [-0.4, -0.2) is 22.5 Å².